The van der Waals surface area contributed by atoms with E-state index in [9.17, 15) is 13.6 Å². The molecule has 1 aromatic heterocycles. The average Bonchev–Trinajstić information content (AvgIpc) is 2.61. The molecule has 0 aliphatic carbocycles. The molecule has 0 amide bonds. The molecule has 2 rings (SSSR count). The van der Waals surface area contributed by atoms with E-state index in [1.54, 1.807) is 6.07 Å². The number of carbonyl (C=O) groups is 1. The zero-order valence-corrected chi connectivity index (χ0v) is 8.52. The lowest BCUT2D eigenvalue weighted by molar-refractivity contribution is -0.136. The summed E-state index contributed by atoms with van der Waals surface area (Å²) in [5.74, 6) is -1.12. The topological polar surface area (TPSA) is 59.7 Å². The molecule has 4 nitrogen and oxygen atoms in total. The summed E-state index contributed by atoms with van der Waals surface area (Å²) < 4.78 is 33.5. The van der Waals surface area contributed by atoms with Gasteiger partial charge in [-0.15, -0.1) is 0 Å². The van der Waals surface area contributed by atoms with Crippen LogP contribution < -0.4 is 4.74 Å². The van der Waals surface area contributed by atoms with Crippen molar-refractivity contribution < 1.29 is 27.8 Å². The first kappa shape index (κ1) is 11.4. The molecule has 0 unspecified atom stereocenters. The highest BCUT2D eigenvalue weighted by molar-refractivity contribution is 5.89. The standard InChI is InChI=1S/C11H8F2O4/c12-11(13)17-8-3-1-2-7-6(4-9(14)15)5-16-10(7)8/h1-3,5,11H,4H2,(H,14,15). The highest BCUT2D eigenvalue weighted by atomic mass is 19.3. The molecule has 2 aromatic rings. The molecule has 6 heteroatoms. The van der Waals surface area contributed by atoms with Crippen molar-refractivity contribution in [1.29, 1.82) is 0 Å². The summed E-state index contributed by atoms with van der Waals surface area (Å²) in [6, 6.07) is 4.43. The second-order valence-electron chi connectivity index (χ2n) is 3.34. The van der Waals surface area contributed by atoms with Gasteiger partial charge >= 0.3 is 12.6 Å². The molecule has 0 fully saturated rings. The van der Waals surface area contributed by atoms with Gasteiger partial charge in [0.05, 0.1) is 12.7 Å². The molecule has 0 radical (unpaired) electrons. The summed E-state index contributed by atoms with van der Waals surface area (Å²) in [6.45, 7) is -2.95. The number of benzene rings is 1. The molecular weight excluding hydrogens is 234 g/mol. The van der Waals surface area contributed by atoms with Crippen molar-refractivity contribution in [3.8, 4) is 5.75 Å². The van der Waals surface area contributed by atoms with Gasteiger partial charge in [-0.1, -0.05) is 12.1 Å². The zero-order chi connectivity index (χ0) is 12.4. The van der Waals surface area contributed by atoms with Gasteiger partial charge in [-0.2, -0.15) is 8.78 Å². The highest BCUT2D eigenvalue weighted by Crippen LogP contribution is 2.30. The summed E-state index contributed by atoms with van der Waals surface area (Å²) in [5.41, 5.74) is 0.552. The van der Waals surface area contributed by atoms with Gasteiger partial charge < -0.3 is 14.3 Å². The smallest absolute Gasteiger partial charge is 0.387 e. The summed E-state index contributed by atoms with van der Waals surface area (Å²) >= 11 is 0. The Morgan fingerprint density at radius 3 is 2.88 bits per heavy atom. The Hall–Kier alpha value is -2.11. The van der Waals surface area contributed by atoms with Crippen LogP contribution in [-0.4, -0.2) is 17.7 Å². The number of para-hydroxylation sites is 1. The Morgan fingerprint density at radius 1 is 1.47 bits per heavy atom. The van der Waals surface area contributed by atoms with E-state index in [-0.39, 0.29) is 17.8 Å². The minimum atomic E-state index is -2.95. The van der Waals surface area contributed by atoms with Crippen molar-refractivity contribution in [1.82, 2.24) is 0 Å². The number of rotatable bonds is 4. The van der Waals surface area contributed by atoms with Crippen LogP contribution in [0.2, 0.25) is 0 Å². The molecule has 0 saturated carbocycles. The van der Waals surface area contributed by atoms with E-state index < -0.39 is 12.6 Å². The fourth-order valence-corrected chi connectivity index (χ4v) is 1.57. The third-order valence-electron chi connectivity index (χ3n) is 2.20. The first-order chi connectivity index (χ1) is 8.08. The lowest BCUT2D eigenvalue weighted by atomic mass is 10.1. The fraction of sp³-hybridized carbons (Fsp3) is 0.182. The number of aliphatic carboxylic acids is 1. The highest BCUT2D eigenvalue weighted by Gasteiger charge is 2.15. The predicted molar refractivity (Wildman–Crippen MR) is 54.2 cm³/mol. The minimum Gasteiger partial charge on any atom is -0.481 e. The quantitative estimate of drug-likeness (QED) is 0.895. The van der Waals surface area contributed by atoms with E-state index in [0.717, 1.165) is 0 Å². The number of hydrogen-bond acceptors (Lipinski definition) is 3. The van der Waals surface area contributed by atoms with Crippen molar-refractivity contribution in [2.75, 3.05) is 0 Å². The van der Waals surface area contributed by atoms with E-state index >= 15 is 0 Å². The maximum atomic E-state index is 12.1. The number of halogens is 2. The Balaban J connectivity index is 2.45. The first-order valence-corrected chi connectivity index (χ1v) is 4.73. The number of ether oxygens (including phenoxy) is 1. The monoisotopic (exact) mass is 242 g/mol. The van der Waals surface area contributed by atoms with Crippen molar-refractivity contribution >= 4 is 16.9 Å². The number of fused-ring (bicyclic) bond motifs is 1. The number of furan rings is 1. The van der Waals surface area contributed by atoms with Gasteiger partial charge in [0.25, 0.3) is 0 Å². The minimum absolute atomic E-state index is 0.103. The summed E-state index contributed by atoms with van der Waals surface area (Å²) in [5, 5.41) is 9.13. The van der Waals surface area contributed by atoms with Crippen LogP contribution in [0, 0.1) is 0 Å². The van der Waals surface area contributed by atoms with Crippen molar-refractivity contribution in [2.45, 2.75) is 13.0 Å². The Kier molecular flexibility index (Phi) is 2.95. The third-order valence-corrected chi connectivity index (χ3v) is 2.20. The molecule has 0 atom stereocenters. The summed E-state index contributed by atoms with van der Waals surface area (Å²) in [7, 11) is 0. The molecule has 0 aliphatic heterocycles. The predicted octanol–water partition coefficient (Wildman–Crippen LogP) is 2.66. The molecule has 1 N–H and O–H groups in total. The largest absolute Gasteiger partial charge is 0.481 e. The number of carboxylic acid groups (broad SMARTS) is 1. The van der Waals surface area contributed by atoms with E-state index in [1.807, 2.05) is 0 Å². The Labute approximate surface area is 94.4 Å². The van der Waals surface area contributed by atoms with Crippen LogP contribution in [0.15, 0.2) is 28.9 Å². The van der Waals surface area contributed by atoms with Crippen LogP contribution >= 0.6 is 0 Å². The number of hydrogen-bond donors (Lipinski definition) is 1. The maximum Gasteiger partial charge on any atom is 0.387 e. The molecule has 90 valence electrons. The van der Waals surface area contributed by atoms with E-state index in [2.05, 4.69) is 4.74 Å². The zero-order valence-electron chi connectivity index (χ0n) is 8.52. The molecule has 0 bridgehead atoms. The summed E-state index contributed by atoms with van der Waals surface area (Å²) in [4.78, 5) is 10.6. The number of alkyl halides is 2. The van der Waals surface area contributed by atoms with Crippen molar-refractivity contribution in [2.24, 2.45) is 0 Å². The van der Waals surface area contributed by atoms with Gasteiger partial charge in [-0.25, -0.2) is 0 Å². The molecular formula is C11H8F2O4. The Morgan fingerprint density at radius 2 is 2.24 bits per heavy atom. The molecule has 0 saturated heterocycles. The van der Waals surface area contributed by atoms with Gasteiger partial charge in [0.2, 0.25) is 0 Å². The van der Waals surface area contributed by atoms with Crippen molar-refractivity contribution in [3.05, 3.63) is 30.0 Å². The molecule has 1 heterocycles. The van der Waals surface area contributed by atoms with E-state index in [0.29, 0.717) is 10.9 Å². The lowest BCUT2D eigenvalue weighted by Gasteiger charge is -2.04. The maximum absolute atomic E-state index is 12.1. The average molecular weight is 242 g/mol. The van der Waals surface area contributed by atoms with Crippen LogP contribution in [0.25, 0.3) is 11.0 Å². The molecule has 0 aliphatic rings. The third kappa shape index (κ3) is 2.35. The van der Waals surface area contributed by atoms with Crippen LogP contribution in [0.5, 0.6) is 5.75 Å². The fourth-order valence-electron chi connectivity index (χ4n) is 1.57. The second-order valence-corrected chi connectivity index (χ2v) is 3.34. The molecule has 0 spiro atoms. The molecule has 1 aromatic carbocycles. The molecule has 17 heavy (non-hydrogen) atoms. The van der Waals surface area contributed by atoms with Crippen LogP contribution in [0.1, 0.15) is 5.56 Å². The second kappa shape index (κ2) is 4.40. The van der Waals surface area contributed by atoms with Crippen molar-refractivity contribution in [3.63, 3.8) is 0 Å². The summed E-state index contributed by atoms with van der Waals surface area (Å²) in [6.07, 6.45) is 1.00. The Bertz CT molecular complexity index is 547. The van der Waals surface area contributed by atoms with Gasteiger partial charge in [0.15, 0.2) is 11.3 Å². The van der Waals surface area contributed by atoms with Gasteiger partial charge in [-0.3, -0.25) is 4.79 Å². The first-order valence-electron chi connectivity index (χ1n) is 4.73. The number of carboxylic acids is 1. The van der Waals surface area contributed by atoms with Gasteiger partial charge in [0.1, 0.15) is 0 Å². The van der Waals surface area contributed by atoms with Crippen LogP contribution in [0.4, 0.5) is 8.78 Å². The lowest BCUT2D eigenvalue weighted by Crippen LogP contribution is -2.02. The van der Waals surface area contributed by atoms with E-state index in [1.165, 1.54) is 18.4 Å². The van der Waals surface area contributed by atoms with E-state index in [4.69, 9.17) is 9.52 Å². The SMILES string of the molecule is O=C(O)Cc1coc2c(OC(F)F)cccc12. The van der Waals surface area contributed by atoms with Crippen LogP contribution in [-0.2, 0) is 11.2 Å². The van der Waals surface area contributed by atoms with Gasteiger partial charge in [0, 0.05) is 10.9 Å². The normalized spacial score (nSPS) is 11.0. The van der Waals surface area contributed by atoms with Crippen LogP contribution in [0.3, 0.4) is 0 Å². The van der Waals surface area contributed by atoms with Gasteiger partial charge in [-0.05, 0) is 6.07 Å².